The average molecular weight is 646 g/mol. The summed E-state index contributed by atoms with van der Waals surface area (Å²) in [5, 5.41) is 22.7. The summed E-state index contributed by atoms with van der Waals surface area (Å²) in [6.07, 6.45) is -0.524. The van der Waals surface area contributed by atoms with E-state index in [0.29, 0.717) is 36.4 Å². The first-order valence-corrected chi connectivity index (χ1v) is 14.4. The van der Waals surface area contributed by atoms with Crippen LogP contribution in [0.3, 0.4) is 0 Å². The fourth-order valence-corrected chi connectivity index (χ4v) is 4.95. The molecule has 0 radical (unpaired) electrons. The normalized spacial score (nSPS) is 14.2. The Morgan fingerprint density at radius 2 is 1.61 bits per heavy atom. The molecular weight excluding hydrogens is 613 g/mol. The van der Waals surface area contributed by atoms with Crippen LogP contribution >= 0.6 is 0 Å². The third-order valence-electron chi connectivity index (χ3n) is 7.45. The summed E-state index contributed by atoms with van der Waals surface area (Å²) >= 11 is 0. The zero-order chi connectivity index (χ0) is 33.6. The largest absolute Gasteiger partial charge is 0.479 e. The molecule has 46 heavy (non-hydrogen) atoms. The number of carboxylic acid groups (broad SMARTS) is 1. The predicted octanol–water partition coefficient (Wildman–Crippen LogP) is 7.19. The number of carbonyl (C=O) groups is 3. The van der Waals surface area contributed by atoms with Crippen LogP contribution in [0.2, 0.25) is 0 Å². The van der Waals surface area contributed by atoms with E-state index in [1.54, 1.807) is 12.1 Å². The molecule has 0 bridgehead atoms. The number of halogens is 5. The van der Waals surface area contributed by atoms with Crippen molar-refractivity contribution in [2.45, 2.75) is 57.4 Å². The number of nitrogens with one attached hydrogen (secondary N) is 2. The minimum atomic E-state index is -4.84. The van der Waals surface area contributed by atoms with Crippen molar-refractivity contribution in [2.75, 3.05) is 16.8 Å². The van der Waals surface area contributed by atoms with Crippen LogP contribution < -0.4 is 15.5 Å². The summed E-state index contributed by atoms with van der Waals surface area (Å²) in [5.74, 6) is -5.73. The number of rotatable bonds is 10. The smallest absolute Gasteiger partial charge is 0.416 e. The van der Waals surface area contributed by atoms with E-state index < -0.39 is 59.5 Å². The molecular formula is C33H32F5N3O5. The van der Waals surface area contributed by atoms with Gasteiger partial charge in [-0.2, -0.15) is 13.2 Å². The lowest BCUT2D eigenvalue weighted by molar-refractivity contribution is -0.146. The number of benzene rings is 3. The minimum Gasteiger partial charge on any atom is -0.479 e. The van der Waals surface area contributed by atoms with Crippen molar-refractivity contribution >= 4 is 34.9 Å². The summed E-state index contributed by atoms with van der Waals surface area (Å²) < 4.78 is 69.2. The van der Waals surface area contributed by atoms with Gasteiger partial charge in [0.15, 0.2) is 6.10 Å². The van der Waals surface area contributed by atoms with Crippen molar-refractivity contribution in [1.82, 2.24) is 5.32 Å². The number of aliphatic hydroxyl groups is 1. The number of carbonyl (C=O) groups excluding carboxylic acids is 2. The van der Waals surface area contributed by atoms with Crippen molar-refractivity contribution in [2.24, 2.45) is 0 Å². The fourth-order valence-electron chi connectivity index (χ4n) is 4.95. The molecule has 3 aromatic rings. The Morgan fingerprint density at radius 1 is 0.935 bits per heavy atom. The first kappa shape index (κ1) is 34.1. The van der Waals surface area contributed by atoms with E-state index in [1.165, 1.54) is 29.2 Å². The van der Waals surface area contributed by atoms with Crippen LogP contribution in [0.25, 0.3) is 5.57 Å². The second kappa shape index (κ2) is 14.1. The second-order valence-electron chi connectivity index (χ2n) is 10.9. The number of aliphatic carboxylic acids is 1. The Morgan fingerprint density at radius 3 is 2.17 bits per heavy atom. The molecule has 0 aromatic heterocycles. The lowest BCUT2D eigenvalue weighted by Crippen LogP contribution is -2.36. The quantitative estimate of drug-likeness (QED) is 0.174. The molecule has 13 heteroatoms. The summed E-state index contributed by atoms with van der Waals surface area (Å²) in [5.41, 5.74) is 0.322. The topological polar surface area (TPSA) is 119 Å². The molecule has 0 saturated carbocycles. The number of nitrogens with zero attached hydrogens (tertiary/aromatic N) is 1. The molecule has 1 atom stereocenters. The summed E-state index contributed by atoms with van der Waals surface area (Å²) in [4.78, 5) is 38.0. The van der Waals surface area contributed by atoms with Crippen LogP contribution in [-0.4, -0.2) is 40.8 Å². The zero-order valence-corrected chi connectivity index (χ0v) is 24.7. The van der Waals surface area contributed by atoms with Crippen LogP contribution in [0, 0.1) is 0 Å². The van der Waals surface area contributed by atoms with Gasteiger partial charge in [-0.15, -0.1) is 0 Å². The third-order valence-corrected chi connectivity index (χ3v) is 7.45. The number of urea groups is 1. The van der Waals surface area contributed by atoms with Gasteiger partial charge in [-0.25, -0.2) is 18.4 Å². The van der Waals surface area contributed by atoms with Gasteiger partial charge in [-0.1, -0.05) is 36.4 Å². The number of hydrogen-bond donors (Lipinski definition) is 4. The number of alkyl halides is 5. The van der Waals surface area contributed by atoms with Gasteiger partial charge in [0.2, 0.25) is 0 Å². The fraction of sp³-hybridized carbons (Fsp3) is 0.303. The monoisotopic (exact) mass is 645 g/mol. The summed E-state index contributed by atoms with van der Waals surface area (Å²) in [6.45, 7) is -0.169. The summed E-state index contributed by atoms with van der Waals surface area (Å²) in [7, 11) is 0. The van der Waals surface area contributed by atoms with Crippen molar-refractivity contribution in [3.05, 3.63) is 101 Å². The first-order chi connectivity index (χ1) is 21.6. The van der Waals surface area contributed by atoms with E-state index in [0.717, 1.165) is 36.8 Å². The van der Waals surface area contributed by atoms with E-state index in [2.05, 4.69) is 16.7 Å². The van der Waals surface area contributed by atoms with Gasteiger partial charge in [0.1, 0.15) is 0 Å². The van der Waals surface area contributed by atoms with Gasteiger partial charge in [0.05, 0.1) is 24.3 Å². The average Bonchev–Trinajstić information content (AvgIpc) is 3.02. The molecule has 3 aromatic carbocycles. The van der Waals surface area contributed by atoms with Crippen molar-refractivity contribution in [3.63, 3.8) is 0 Å². The van der Waals surface area contributed by atoms with Crippen LogP contribution in [0.5, 0.6) is 0 Å². The maximum atomic E-state index is 14.4. The highest BCUT2D eigenvalue weighted by Crippen LogP contribution is 2.38. The standard InChI is InChI=1S/C33H32F5N3O5/c1-32(34,35)26-16-13-24(33(36,37)38)17-27(26)40-31(46)41(25-14-11-22(12-15-25)21-5-3-2-4-6-21)19-20-7-9-23(10-8-20)29(43)39-18-28(42)30(44)45/h5,7-17,28,42H,2-4,6,18-19H2,1H3,(H,39,43)(H,40,46)(H,44,45)/t28-/m1/s1. The van der Waals surface area contributed by atoms with Gasteiger partial charge in [0.25, 0.3) is 11.8 Å². The van der Waals surface area contributed by atoms with E-state index in [1.807, 2.05) is 12.1 Å². The summed E-state index contributed by atoms with van der Waals surface area (Å²) in [6, 6.07) is 13.4. The number of amides is 3. The molecule has 244 valence electrons. The lowest BCUT2D eigenvalue weighted by atomic mass is 9.93. The van der Waals surface area contributed by atoms with Crippen molar-refractivity contribution in [1.29, 1.82) is 0 Å². The van der Waals surface area contributed by atoms with E-state index in [4.69, 9.17) is 5.11 Å². The second-order valence-corrected chi connectivity index (χ2v) is 10.9. The molecule has 0 saturated heterocycles. The highest BCUT2D eigenvalue weighted by atomic mass is 19.4. The molecule has 4 rings (SSSR count). The van der Waals surface area contributed by atoms with Crippen LogP contribution in [0.15, 0.2) is 72.8 Å². The van der Waals surface area contributed by atoms with Crippen LogP contribution in [-0.2, 0) is 23.4 Å². The Balaban J connectivity index is 1.64. The Kier molecular flexibility index (Phi) is 10.5. The molecule has 0 unspecified atom stereocenters. The van der Waals surface area contributed by atoms with Gasteiger partial charge in [0, 0.05) is 23.7 Å². The van der Waals surface area contributed by atoms with Crippen molar-refractivity contribution < 1.29 is 46.5 Å². The molecule has 0 spiro atoms. The van der Waals surface area contributed by atoms with Gasteiger partial charge in [-0.05, 0) is 78.8 Å². The Hall–Kier alpha value is -4.78. The van der Waals surface area contributed by atoms with Gasteiger partial charge < -0.3 is 20.8 Å². The number of carboxylic acids is 1. The Bertz CT molecular complexity index is 1600. The SMILES string of the molecule is CC(F)(F)c1ccc(C(F)(F)F)cc1NC(=O)N(Cc1ccc(C(=O)NC[C@@H](O)C(=O)O)cc1)c1ccc(C2=CCCCC2)cc1. The lowest BCUT2D eigenvalue weighted by Gasteiger charge is -2.26. The number of allylic oxidation sites excluding steroid dienone is 2. The highest BCUT2D eigenvalue weighted by Gasteiger charge is 2.35. The van der Waals surface area contributed by atoms with Crippen molar-refractivity contribution in [3.8, 4) is 0 Å². The molecule has 1 aliphatic rings. The van der Waals surface area contributed by atoms with E-state index in [9.17, 15) is 41.4 Å². The maximum Gasteiger partial charge on any atom is 0.416 e. The molecule has 4 N–H and O–H groups in total. The number of hydrogen-bond acceptors (Lipinski definition) is 4. The molecule has 8 nitrogen and oxygen atoms in total. The van der Waals surface area contributed by atoms with Crippen LogP contribution in [0.1, 0.15) is 65.2 Å². The van der Waals surface area contributed by atoms with Gasteiger partial charge in [-0.3, -0.25) is 9.69 Å². The predicted molar refractivity (Wildman–Crippen MR) is 162 cm³/mol. The zero-order valence-electron chi connectivity index (χ0n) is 24.7. The molecule has 0 fully saturated rings. The molecule has 0 aliphatic heterocycles. The third kappa shape index (κ3) is 8.68. The molecule has 3 amide bonds. The Labute approximate surface area is 261 Å². The van der Waals surface area contributed by atoms with E-state index in [-0.39, 0.29) is 12.1 Å². The first-order valence-electron chi connectivity index (χ1n) is 14.4. The molecule has 1 aliphatic carbocycles. The minimum absolute atomic E-state index is 0.126. The van der Waals surface area contributed by atoms with Crippen LogP contribution in [0.4, 0.5) is 38.1 Å². The molecule has 0 heterocycles. The number of anilines is 2. The van der Waals surface area contributed by atoms with E-state index >= 15 is 0 Å². The maximum absolute atomic E-state index is 14.4. The highest BCUT2D eigenvalue weighted by molar-refractivity contribution is 6.02. The number of aliphatic hydroxyl groups excluding tert-OH is 1. The van der Waals surface area contributed by atoms with Gasteiger partial charge >= 0.3 is 18.2 Å².